The summed E-state index contributed by atoms with van der Waals surface area (Å²) in [6.45, 7) is 3.42. The van der Waals surface area contributed by atoms with Crippen LogP contribution in [-0.4, -0.2) is 54.4 Å². The van der Waals surface area contributed by atoms with Crippen LogP contribution in [0.1, 0.15) is 24.3 Å². The summed E-state index contributed by atoms with van der Waals surface area (Å²) in [6, 6.07) is 5.83. The first-order chi connectivity index (χ1) is 13.5. The number of carbonyl (C=O) groups is 3. The first-order valence-electron chi connectivity index (χ1n) is 9.50. The Morgan fingerprint density at radius 2 is 1.96 bits per heavy atom. The molecule has 3 heterocycles. The number of methoxy groups -OCH3 is 1. The molecule has 7 nitrogen and oxygen atoms in total. The van der Waals surface area contributed by atoms with E-state index < -0.39 is 0 Å². The van der Waals surface area contributed by atoms with Gasteiger partial charge in [-0.3, -0.25) is 14.4 Å². The first kappa shape index (κ1) is 18.9. The number of carbonyl (C=O) groups excluding carboxylic acids is 3. The number of esters is 1. The van der Waals surface area contributed by atoms with Crippen molar-refractivity contribution in [2.75, 3.05) is 31.6 Å². The Morgan fingerprint density at radius 1 is 1.21 bits per heavy atom. The summed E-state index contributed by atoms with van der Waals surface area (Å²) < 4.78 is 5.89. The highest BCUT2D eigenvalue weighted by Gasteiger charge is 2.38. The number of likely N-dealkylation sites (tertiary alicyclic amines) is 1. The highest BCUT2D eigenvalue weighted by atomic mass is 32.1. The Labute approximate surface area is 167 Å². The van der Waals surface area contributed by atoms with Gasteiger partial charge in [-0.05, 0) is 38.0 Å². The van der Waals surface area contributed by atoms with Crippen LogP contribution in [-0.2, 0) is 19.1 Å². The van der Waals surface area contributed by atoms with Crippen LogP contribution in [0.4, 0.5) is 5.69 Å². The van der Waals surface area contributed by atoms with Gasteiger partial charge in [0.05, 0.1) is 34.2 Å². The summed E-state index contributed by atoms with van der Waals surface area (Å²) in [6.07, 6.45) is 1.45. The predicted octanol–water partition coefficient (Wildman–Crippen LogP) is 2.37. The zero-order chi connectivity index (χ0) is 19.8. The third-order valence-electron chi connectivity index (χ3n) is 5.61. The molecule has 148 valence electrons. The minimum absolute atomic E-state index is 0.00440. The van der Waals surface area contributed by atoms with Crippen molar-refractivity contribution < 1.29 is 19.1 Å². The van der Waals surface area contributed by atoms with E-state index >= 15 is 0 Å². The zero-order valence-electron chi connectivity index (χ0n) is 16.0. The SMILES string of the molecule is COC(=O)C1CCN(C(=O)C2CC(=O)N(c3ccc4sc(C)nc4c3)C2)CC1. The normalized spacial score (nSPS) is 20.8. The molecule has 2 saturated heterocycles. The van der Waals surface area contributed by atoms with Crippen LogP contribution in [0.15, 0.2) is 18.2 Å². The van der Waals surface area contributed by atoms with Gasteiger partial charge in [0.25, 0.3) is 0 Å². The van der Waals surface area contributed by atoms with Crippen molar-refractivity contribution in [1.29, 1.82) is 0 Å². The van der Waals surface area contributed by atoms with E-state index in [2.05, 4.69) is 4.98 Å². The van der Waals surface area contributed by atoms with Crippen LogP contribution >= 0.6 is 11.3 Å². The fourth-order valence-corrected chi connectivity index (χ4v) is 4.89. The topological polar surface area (TPSA) is 79.8 Å². The molecule has 1 atom stereocenters. The molecule has 1 aromatic heterocycles. The predicted molar refractivity (Wildman–Crippen MR) is 106 cm³/mol. The van der Waals surface area contributed by atoms with Gasteiger partial charge in [0.2, 0.25) is 11.8 Å². The van der Waals surface area contributed by atoms with Crippen LogP contribution in [0.2, 0.25) is 0 Å². The van der Waals surface area contributed by atoms with E-state index in [1.165, 1.54) is 7.11 Å². The number of aryl methyl sites for hydroxylation is 1. The van der Waals surface area contributed by atoms with Crippen LogP contribution in [0, 0.1) is 18.8 Å². The first-order valence-corrected chi connectivity index (χ1v) is 10.3. The maximum absolute atomic E-state index is 12.9. The Bertz CT molecular complexity index is 933. The molecule has 0 radical (unpaired) electrons. The van der Waals surface area contributed by atoms with E-state index in [4.69, 9.17) is 4.74 Å². The van der Waals surface area contributed by atoms with Crippen molar-refractivity contribution in [1.82, 2.24) is 9.88 Å². The average molecular weight is 401 g/mol. The fraction of sp³-hybridized carbons (Fsp3) is 0.500. The third-order valence-corrected chi connectivity index (χ3v) is 6.56. The number of piperidine rings is 1. The van der Waals surface area contributed by atoms with Gasteiger partial charge >= 0.3 is 5.97 Å². The molecule has 4 rings (SSSR count). The lowest BCUT2D eigenvalue weighted by molar-refractivity contribution is -0.149. The molecular weight excluding hydrogens is 378 g/mol. The minimum Gasteiger partial charge on any atom is -0.469 e. The number of ether oxygens (including phenoxy) is 1. The number of benzene rings is 1. The quantitative estimate of drug-likeness (QED) is 0.738. The second kappa shape index (κ2) is 7.50. The molecule has 1 unspecified atom stereocenters. The van der Waals surface area contributed by atoms with Gasteiger partial charge in [0, 0.05) is 31.7 Å². The van der Waals surface area contributed by atoms with Crippen molar-refractivity contribution in [3.8, 4) is 0 Å². The van der Waals surface area contributed by atoms with Gasteiger partial charge in [-0.1, -0.05) is 0 Å². The zero-order valence-corrected chi connectivity index (χ0v) is 16.8. The van der Waals surface area contributed by atoms with Gasteiger partial charge in [-0.15, -0.1) is 11.3 Å². The molecule has 1 aromatic carbocycles. The molecule has 0 N–H and O–H groups in total. The summed E-state index contributed by atoms with van der Waals surface area (Å²) in [4.78, 5) is 45.1. The lowest BCUT2D eigenvalue weighted by Crippen LogP contribution is -2.43. The van der Waals surface area contributed by atoms with Crippen LogP contribution in [0.25, 0.3) is 10.2 Å². The molecule has 2 aliphatic rings. The molecule has 2 amide bonds. The van der Waals surface area contributed by atoms with Gasteiger partial charge in [-0.25, -0.2) is 4.98 Å². The number of thiazole rings is 1. The molecular formula is C20H23N3O4S. The minimum atomic E-state index is -0.338. The third kappa shape index (κ3) is 3.48. The molecule has 28 heavy (non-hydrogen) atoms. The molecule has 2 aliphatic heterocycles. The van der Waals surface area contributed by atoms with Crippen molar-refractivity contribution in [3.63, 3.8) is 0 Å². The second-order valence-corrected chi connectivity index (χ2v) is 8.65. The number of amides is 2. The van der Waals surface area contributed by atoms with E-state index in [0.29, 0.717) is 32.5 Å². The fourth-order valence-electron chi connectivity index (χ4n) is 4.08. The van der Waals surface area contributed by atoms with Crippen molar-refractivity contribution >= 4 is 45.0 Å². The van der Waals surface area contributed by atoms with Crippen molar-refractivity contribution in [3.05, 3.63) is 23.2 Å². The maximum atomic E-state index is 12.9. The molecule has 2 fully saturated rings. The smallest absolute Gasteiger partial charge is 0.308 e. The average Bonchev–Trinajstić information content (AvgIpc) is 3.27. The van der Waals surface area contributed by atoms with E-state index in [0.717, 1.165) is 20.9 Å². The van der Waals surface area contributed by atoms with Gasteiger partial charge in [0.15, 0.2) is 0 Å². The molecule has 8 heteroatoms. The molecule has 2 aromatic rings. The second-order valence-electron chi connectivity index (χ2n) is 7.41. The summed E-state index contributed by atoms with van der Waals surface area (Å²) in [5, 5.41) is 0.989. The van der Waals surface area contributed by atoms with Crippen LogP contribution < -0.4 is 4.90 Å². The van der Waals surface area contributed by atoms with Crippen LogP contribution in [0.5, 0.6) is 0 Å². The van der Waals surface area contributed by atoms with E-state index in [-0.39, 0.29) is 36.0 Å². The van der Waals surface area contributed by atoms with E-state index in [1.54, 1.807) is 21.1 Å². The molecule has 0 aliphatic carbocycles. The number of nitrogens with zero attached hydrogens (tertiary/aromatic N) is 3. The van der Waals surface area contributed by atoms with Crippen LogP contribution in [0.3, 0.4) is 0 Å². The highest BCUT2D eigenvalue weighted by molar-refractivity contribution is 7.18. The lowest BCUT2D eigenvalue weighted by Gasteiger charge is -2.32. The number of aromatic nitrogens is 1. The molecule has 0 bridgehead atoms. The summed E-state index contributed by atoms with van der Waals surface area (Å²) in [7, 11) is 1.39. The highest BCUT2D eigenvalue weighted by Crippen LogP contribution is 2.31. The van der Waals surface area contributed by atoms with E-state index in [9.17, 15) is 14.4 Å². The van der Waals surface area contributed by atoms with Gasteiger partial charge in [0.1, 0.15) is 0 Å². The lowest BCUT2D eigenvalue weighted by atomic mass is 9.95. The Morgan fingerprint density at radius 3 is 2.68 bits per heavy atom. The van der Waals surface area contributed by atoms with Crippen molar-refractivity contribution in [2.45, 2.75) is 26.2 Å². The van der Waals surface area contributed by atoms with Crippen molar-refractivity contribution in [2.24, 2.45) is 11.8 Å². The summed E-state index contributed by atoms with van der Waals surface area (Å²) >= 11 is 1.62. The summed E-state index contributed by atoms with van der Waals surface area (Å²) in [5.74, 6) is -0.708. The monoisotopic (exact) mass is 401 g/mol. The van der Waals surface area contributed by atoms with Gasteiger partial charge < -0.3 is 14.5 Å². The largest absolute Gasteiger partial charge is 0.469 e. The Kier molecular flexibility index (Phi) is 5.05. The van der Waals surface area contributed by atoms with Gasteiger partial charge in [-0.2, -0.15) is 0 Å². The Hall–Kier alpha value is -2.48. The summed E-state index contributed by atoms with van der Waals surface area (Å²) in [5.41, 5.74) is 1.68. The number of hydrogen-bond donors (Lipinski definition) is 0. The molecule has 0 saturated carbocycles. The molecule has 0 spiro atoms. The number of hydrogen-bond acceptors (Lipinski definition) is 6. The number of fused-ring (bicyclic) bond motifs is 1. The Balaban J connectivity index is 1.42. The number of rotatable bonds is 3. The maximum Gasteiger partial charge on any atom is 0.308 e. The standard InChI is InChI=1S/C20H23N3O4S/c1-12-21-16-10-15(3-4-17(16)28-12)23-11-14(9-18(23)24)19(25)22-7-5-13(6-8-22)20(26)27-2/h3-4,10,13-14H,5-9,11H2,1-2H3. The number of anilines is 1. The van der Waals surface area contributed by atoms with E-state index in [1.807, 2.05) is 25.1 Å².